The molecule has 35 heavy (non-hydrogen) atoms. The minimum atomic E-state index is -4.92. The number of anilines is 2. The minimum absolute atomic E-state index is 0.00361. The smallest absolute Gasteiger partial charge is 0.404 e. The predicted molar refractivity (Wildman–Crippen MR) is 125 cm³/mol. The molecule has 1 unspecified atom stereocenters. The van der Waals surface area contributed by atoms with Gasteiger partial charge in [0, 0.05) is 18.3 Å². The Labute approximate surface area is 204 Å². The third-order valence-electron chi connectivity index (χ3n) is 5.06. The number of alkyl halides is 3. The lowest BCUT2D eigenvalue weighted by molar-refractivity contribution is -0.106. The Hall–Kier alpha value is -2.81. The van der Waals surface area contributed by atoms with E-state index in [1.54, 1.807) is 13.0 Å². The molecule has 15 heteroatoms. The molecule has 0 radical (unpaired) electrons. The molecular formula is C20H25F3N6O4S2. The molecule has 0 saturated carbocycles. The molecule has 1 atom stereocenters. The van der Waals surface area contributed by atoms with E-state index in [2.05, 4.69) is 25.3 Å². The van der Waals surface area contributed by atoms with E-state index in [1.807, 2.05) is 18.6 Å². The number of esters is 1. The number of nitrogens with one attached hydrogen (secondary N) is 1. The molecule has 0 bridgehead atoms. The summed E-state index contributed by atoms with van der Waals surface area (Å²) in [5.41, 5.74) is 1.49. The summed E-state index contributed by atoms with van der Waals surface area (Å²) in [7, 11) is -4.76. The first-order chi connectivity index (χ1) is 16.4. The fourth-order valence-corrected chi connectivity index (χ4v) is 5.20. The van der Waals surface area contributed by atoms with Gasteiger partial charge in [0.1, 0.15) is 5.69 Å². The Morgan fingerprint density at radius 3 is 2.69 bits per heavy atom. The minimum Gasteiger partial charge on any atom is -0.461 e. The quantitative estimate of drug-likeness (QED) is 0.355. The molecule has 1 aromatic carbocycles. The molecule has 10 nitrogen and oxygen atoms in total. The number of nitrogens with zero attached hydrogens (tertiary/aromatic N) is 5. The Morgan fingerprint density at radius 2 is 2.03 bits per heavy atom. The number of carbonyl (C=O) groups is 1. The Bertz CT molecular complexity index is 1200. The van der Waals surface area contributed by atoms with Gasteiger partial charge in [0.15, 0.2) is 5.75 Å². The van der Waals surface area contributed by atoms with E-state index in [0.717, 1.165) is 35.4 Å². The molecule has 1 aliphatic heterocycles. The van der Waals surface area contributed by atoms with E-state index in [-0.39, 0.29) is 34.2 Å². The lowest BCUT2D eigenvalue weighted by Gasteiger charge is -2.37. The van der Waals surface area contributed by atoms with E-state index < -0.39 is 27.9 Å². The molecule has 0 fully saturated rings. The first kappa shape index (κ1) is 26.8. The summed E-state index contributed by atoms with van der Waals surface area (Å²) in [6.45, 7) is 6.53. The average molecular weight is 535 g/mol. The highest BCUT2D eigenvalue weighted by molar-refractivity contribution is 7.92. The SMILES string of the molecule is CCCN1c2cc(NS(=O)(=O)CC(F)(F)F)c(N=Nc3nnc(C(=O)OCC)s3)cc2CCC1C. The molecule has 2 aromatic rings. The fourth-order valence-electron chi connectivity index (χ4n) is 3.64. The summed E-state index contributed by atoms with van der Waals surface area (Å²) < 4.78 is 69.8. The number of sulfonamides is 1. The van der Waals surface area contributed by atoms with Crippen LogP contribution in [0.2, 0.25) is 0 Å². The number of azo groups is 1. The molecule has 1 N–H and O–H groups in total. The van der Waals surface area contributed by atoms with Crippen LogP contribution in [-0.2, 0) is 21.2 Å². The van der Waals surface area contributed by atoms with Gasteiger partial charge in [-0.2, -0.15) is 13.2 Å². The zero-order valence-electron chi connectivity index (χ0n) is 19.3. The first-order valence-electron chi connectivity index (χ1n) is 10.9. The summed E-state index contributed by atoms with van der Waals surface area (Å²) >= 11 is 0.810. The fraction of sp³-hybridized carbons (Fsp3) is 0.550. The van der Waals surface area contributed by atoms with Gasteiger partial charge in [0.25, 0.3) is 5.13 Å². The van der Waals surface area contributed by atoms with Gasteiger partial charge >= 0.3 is 12.1 Å². The molecule has 0 spiro atoms. The largest absolute Gasteiger partial charge is 0.461 e. The number of hydrogen-bond donors (Lipinski definition) is 1. The number of halogens is 3. The molecule has 0 amide bonds. The summed E-state index contributed by atoms with van der Waals surface area (Å²) in [6.07, 6.45) is -2.55. The van der Waals surface area contributed by atoms with Crippen molar-refractivity contribution in [3.05, 3.63) is 22.7 Å². The van der Waals surface area contributed by atoms with Gasteiger partial charge in [-0.1, -0.05) is 18.3 Å². The van der Waals surface area contributed by atoms with Crippen LogP contribution in [0.3, 0.4) is 0 Å². The Kier molecular flexibility index (Phi) is 8.30. The van der Waals surface area contributed by atoms with Crippen molar-refractivity contribution in [2.45, 2.75) is 52.3 Å². The number of aromatic nitrogens is 2. The number of fused-ring (bicyclic) bond motifs is 1. The van der Waals surface area contributed by atoms with Crippen molar-refractivity contribution in [3.63, 3.8) is 0 Å². The van der Waals surface area contributed by atoms with Crippen molar-refractivity contribution < 1.29 is 31.1 Å². The first-order valence-corrected chi connectivity index (χ1v) is 13.3. The number of aryl methyl sites for hydroxylation is 1. The highest BCUT2D eigenvalue weighted by Gasteiger charge is 2.36. The predicted octanol–water partition coefficient (Wildman–Crippen LogP) is 4.99. The van der Waals surface area contributed by atoms with E-state index in [4.69, 9.17) is 4.74 Å². The van der Waals surface area contributed by atoms with E-state index in [0.29, 0.717) is 13.0 Å². The van der Waals surface area contributed by atoms with Gasteiger partial charge in [0.05, 0.1) is 12.3 Å². The van der Waals surface area contributed by atoms with Gasteiger partial charge in [-0.3, -0.25) is 4.72 Å². The van der Waals surface area contributed by atoms with Crippen molar-refractivity contribution in [2.24, 2.45) is 10.2 Å². The number of carbonyl (C=O) groups excluding carboxylic acids is 1. The number of benzene rings is 1. The maximum Gasteiger partial charge on any atom is 0.404 e. The van der Waals surface area contributed by atoms with Crippen molar-refractivity contribution >= 4 is 49.5 Å². The normalized spacial score (nSPS) is 16.4. The highest BCUT2D eigenvalue weighted by Crippen LogP contribution is 2.40. The maximum absolute atomic E-state index is 12.8. The second-order valence-electron chi connectivity index (χ2n) is 7.87. The van der Waals surface area contributed by atoms with Crippen LogP contribution in [0.25, 0.3) is 0 Å². The zero-order chi connectivity index (χ0) is 25.8. The van der Waals surface area contributed by atoms with Crippen molar-refractivity contribution in [2.75, 3.05) is 28.5 Å². The second-order valence-corrected chi connectivity index (χ2v) is 10.5. The summed E-state index contributed by atoms with van der Waals surface area (Å²) in [5, 5.41) is 15.3. The van der Waals surface area contributed by atoms with Crippen LogP contribution in [0.1, 0.15) is 49.0 Å². The molecule has 1 aromatic heterocycles. The van der Waals surface area contributed by atoms with Crippen LogP contribution in [0.4, 0.5) is 35.4 Å². The number of hydrogen-bond acceptors (Lipinski definition) is 10. The van der Waals surface area contributed by atoms with Crippen LogP contribution >= 0.6 is 11.3 Å². The zero-order valence-corrected chi connectivity index (χ0v) is 20.9. The van der Waals surface area contributed by atoms with Crippen LogP contribution in [0, 0.1) is 0 Å². The van der Waals surface area contributed by atoms with Gasteiger partial charge in [-0.15, -0.1) is 20.4 Å². The van der Waals surface area contributed by atoms with Gasteiger partial charge in [-0.25, -0.2) is 13.2 Å². The highest BCUT2D eigenvalue weighted by atomic mass is 32.2. The van der Waals surface area contributed by atoms with E-state index in [1.165, 1.54) is 6.07 Å². The van der Waals surface area contributed by atoms with Crippen molar-refractivity contribution in [3.8, 4) is 0 Å². The van der Waals surface area contributed by atoms with Gasteiger partial charge in [-0.05, 0) is 50.8 Å². The van der Waals surface area contributed by atoms with Crippen LogP contribution < -0.4 is 9.62 Å². The van der Waals surface area contributed by atoms with Crippen LogP contribution in [-0.4, -0.2) is 55.7 Å². The van der Waals surface area contributed by atoms with Gasteiger partial charge in [0.2, 0.25) is 15.0 Å². The summed E-state index contributed by atoms with van der Waals surface area (Å²) in [5.74, 6) is -2.71. The van der Waals surface area contributed by atoms with Crippen LogP contribution in [0.15, 0.2) is 22.4 Å². The van der Waals surface area contributed by atoms with Gasteiger partial charge < -0.3 is 9.64 Å². The Morgan fingerprint density at radius 1 is 1.29 bits per heavy atom. The maximum atomic E-state index is 12.8. The molecule has 0 saturated heterocycles. The second kappa shape index (κ2) is 10.8. The molecular weight excluding hydrogens is 509 g/mol. The lowest BCUT2D eigenvalue weighted by atomic mass is 9.95. The van der Waals surface area contributed by atoms with E-state index >= 15 is 0 Å². The van der Waals surface area contributed by atoms with Crippen molar-refractivity contribution in [1.29, 1.82) is 0 Å². The molecule has 0 aliphatic carbocycles. The number of rotatable bonds is 9. The standard InChI is InChI=1S/C20H25F3N6O4S2/c1-4-8-29-12(3)6-7-13-9-14(24-26-19-27-25-17(34-19)18(30)33-5-2)15(10-16(13)29)28-35(31,32)11-20(21,22)23/h9-10,12,28H,4-8,11H2,1-3H3. The summed E-state index contributed by atoms with van der Waals surface area (Å²) in [4.78, 5) is 13.9. The Balaban J connectivity index is 2.01. The molecule has 2 heterocycles. The lowest BCUT2D eigenvalue weighted by Crippen LogP contribution is -2.38. The molecule has 3 rings (SSSR count). The third kappa shape index (κ3) is 7.10. The third-order valence-corrected chi connectivity index (χ3v) is 7.09. The molecule has 192 valence electrons. The molecule has 1 aliphatic rings. The number of ether oxygens (including phenoxy) is 1. The topological polar surface area (TPSA) is 126 Å². The van der Waals surface area contributed by atoms with Crippen LogP contribution in [0.5, 0.6) is 0 Å². The van der Waals surface area contributed by atoms with E-state index in [9.17, 15) is 26.4 Å². The summed E-state index contributed by atoms with van der Waals surface area (Å²) in [6, 6.07) is 3.27. The van der Waals surface area contributed by atoms with Crippen molar-refractivity contribution in [1.82, 2.24) is 10.2 Å². The monoisotopic (exact) mass is 534 g/mol. The average Bonchev–Trinajstić information content (AvgIpc) is 3.22.